The second-order valence-corrected chi connectivity index (χ2v) is 6.45. The molecule has 1 unspecified atom stereocenters. The number of guanidine groups is 1. The summed E-state index contributed by atoms with van der Waals surface area (Å²) in [6, 6.07) is 8.39. The van der Waals surface area contributed by atoms with E-state index in [1.54, 1.807) is 14.2 Å². The number of benzene rings is 1. The molecule has 0 aromatic heterocycles. The molecule has 1 aromatic carbocycles. The number of ether oxygens (including phenoxy) is 2. The number of rotatable bonds is 9. The first-order valence-corrected chi connectivity index (χ1v) is 9.15. The highest BCUT2D eigenvalue weighted by atomic mass is 35.5. The monoisotopic (exact) mass is 368 g/mol. The maximum atomic E-state index is 6.09. The van der Waals surface area contributed by atoms with Crippen molar-refractivity contribution in [2.75, 3.05) is 58.5 Å². The lowest BCUT2D eigenvalue weighted by molar-refractivity contribution is 0.0698. The van der Waals surface area contributed by atoms with Crippen molar-refractivity contribution in [1.29, 1.82) is 0 Å². The van der Waals surface area contributed by atoms with Crippen molar-refractivity contribution in [3.8, 4) is 0 Å². The van der Waals surface area contributed by atoms with Gasteiger partial charge in [0, 0.05) is 57.2 Å². The fourth-order valence-electron chi connectivity index (χ4n) is 2.80. The summed E-state index contributed by atoms with van der Waals surface area (Å²) in [5.74, 6) is 0.842. The SMILES string of the molecule is CN=C(NCCCOCCOC)NC1CCN(c2cccc(Cl)c2)C1. The lowest BCUT2D eigenvalue weighted by Gasteiger charge is -2.20. The highest BCUT2D eigenvalue weighted by Gasteiger charge is 2.23. The fraction of sp³-hybridized carbons (Fsp3) is 0.611. The highest BCUT2D eigenvalue weighted by Crippen LogP contribution is 2.23. The minimum atomic E-state index is 0.378. The van der Waals surface area contributed by atoms with Crippen molar-refractivity contribution in [1.82, 2.24) is 10.6 Å². The number of nitrogens with one attached hydrogen (secondary N) is 2. The fourth-order valence-corrected chi connectivity index (χ4v) is 2.98. The van der Waals surface area contributed by atoms with Gasteiger partial charge in [0.1, 0.15) is 0 Å². The highest BCUT2D eigenvalue weighted by molar-refractivity contribution is 6.30. The van der Waals surface area contributed by atoms with Crippen LogP contribution in [0.1, 0.15) is 12.8 Å². The Bertz CT molecular complexity index is 542. The zero-order chi connectivity index (χ0) is 17.9. The van der Waals surface area contributed by atoms with Crippen LogP contribution in [0.4, 0.5) is 5.69 Å². The maximum Gasteiger partial charge on any atom is 0.191 e. The van der Waals surface area contributed by atoms with Crippen LogP contribution in [-0.2, 0) is 9.47 Å². The minimum absolute atomic E-state index is 0.378. The van der Waals surface area contributed by atoms with Crippen molar-refractivity contribution < 1.29 is 9.47 Å². The molecule has 2 rings (SSSR count). The smallest absolute Gasteiger partial charge is 0.191 e. The van der Waals surface area contributed by atoms with Crippen LogP contribution < -0.4 is 15.5 Å². The molecule has 1 aliphatic rings. The first kappa shape index (κ1) is 19.8. The molecule has 7 heteroatoms. The maximum absolute atomic E-state index is 6.09. The van der Waals surface area contributed by atoms with Crippen molar-refractivity contribution >= 4 is 23.2 Å². The number of aliphatic imine (C=N–C) groups is 1. The van der Waals surface area contributed by atoms with Gasteiger partial charge in [-0.15, -0.1) is 0 Å². The van der Waals surface area contributed by atoms with Crippen LogP contribution in [0.25, 0.3) is 0 Å². The number of hydrogen-bond acceptors (Lipinski definition) is 4. The molecule has 1 aliphatic heterocycles. The topological polar surface area (TPSA) is 58.1 Å². The Labute approximate surface area is 155 Å². The number of hydrogen-bond donors (Lipinski definition) is 2. The largest absolute Gasteiger partial charge is 0.382 e. The molecule has 25 heavy (non-hydrogen) atoms. The van der Waals surface area contributed by atoms with Crippen LogP contribution in [0, 0.1) is 0 Å². The normalized spacial score (nSPS) is 17.8. The van der Waals surface area contributed by atoms with E-state index in [4.69, 9.17) is 21.1 Å². The second kappa shape index (κ2) is 11.2. The standard InChI is InChI=1S/C18H29ClN4O2/c1-20-18(21-8-4-10-25-12-11-24-2)22-16-7-9-23(14-16)17-6-3-5-15(19)13-17/h3,5-6,13,16H,4,7-12,14H2,1-2H3,(H2,20,21,22). The van der Waals surface area contributed by atoms with E-state index in [0.29, 0.717) is 19.3 Å². The summed E-state index contributed by atoms with van der Waals surface area (Å²) in [6.45, 7) is 4.80. The first-order chi connectivity index (χ1) is 12.2. The molecule has 0 amide bonds. The third-order valence-corrected chi connectivity index (χ3v) is 4.35. The predicted molar refractivity (Wildman–Crippen MR) is 104 cm³/mol. The molecule has 1 atom stereocenters. The van der Waals surface area contributed by atoms with E-state index in [1.807, 2.05) is 18.2 Å². The van der Waals surface area contributed by atoms with Gasteiger partial charge in [-0.1, -0.05) is 17.7 Å². The Balaban J connectivity index is 1.66. The average Bonchev–Trinajstić information content (AvgIpc) is 3.08. The third-order valence-electron chi connectivity index (χ3n) is 4.12. The van der Waals surface area contributed by atoms with E-state index in [9.17, 15) is 0 Å². The second-order valence-electron chi connectivity index (χ2n) is 6.01. The van der Waals surface area contributed by atoms with E-state index in [1.165, 1.54) is 5.69 Å². The van der Waals surface area contributed by atoms with Gasteiger partial charge in [-0.25, -0.2) is 0 Å². The number of methoxy groups -OCH3 is 1. The number of anilines is 1. The van der Waals surface area contributed by atoms with E-state index >= 15 is 0 Å². The summed E-state index contributed by atoms with van der Waals surface area (Å²) in [5, 5.41) is 7.61. The van der Waals surface area contributed by atoms with Gasteiger partial charge in [-0.2, -0.15) is 0 Å². The number of halogens is 1. The van der Waals surface area contributed by atoms with Gasteiger partial charge in [0.05, 0.1) is 13.2 Å². The molecule has 1 saturated heterocycles. The van der Waals surface area contributed by atoms with Gasteiger partial charge in [0.25, 0.3) is 0 Å². The summed E-state index contributed by atoms with van der Waals surface area (Å²) in [4.78, 5) is 6.65. The third kappa shape index (κ3) is 7.10. The Morgan fingerprint density at radius 2 is 2.24 bits per heavy atom. The molecule has 6 nitrogen and oxygen atoms in total. The quantitative estimate of drug-likeness (QED) is 0.397. The number of nitrogens with zero attached hydrogens (tertiary/aromatic N) is 2. The Morgan fingerprint density at radius 3 is 3.00 bits per heavy atom. The van der Waals surface area contributed by atoms with E-state index in [-0.39, 0.29) is 0 Å². The molecule has 0 spiro atoms. The van der Waals surface area contributed by atoms with Crippen LogP contribution >= 0.6 is 11.6 Å². The summed E-state index contributed by atoms with van der Waals surface area (Å²) in [5.41, 5.74) is 1.17. The molecule has 140 valence electrons. The molecule has 1 fully saturated rings. The first-order valence-electron chi connectivity index (χ1n) is 8.77. The molecule has 1 heterocycles. The van der Waals surface area contributed by atoms with E-state index < -0.39 is 0 Å². The van der Waals surface area contributed by atoms with Gasteiger partial charge < -0.3 is 25.0 Å². The van der Waals surface area contributed by atoms with Crippen LogP contribution in [0.3, 0.4) is 0 Å². The summed E-state index contributed by atoms with van der Waals surface area (Å²) < 4.78 is 10.4. The Hall–Kier alpha value is -1.50. The van der Waals surface area contributed by atoms with Crippen molar-refractivity contribution in [2.45, 2.75) is 18.9 Å². The zero-order valence-electron chi connectivity index (χ0n) is 15.1. The molecular formula is C18H29ClN4O2. The molecule has 0 bridgehead atoms. The molecule has 0 saturated carbocycles. The van der Waals surface area contributed by atoms with Gasteiger partial charge in [0.2, 0.25) is 0 Å². The molecule has 2 N–H and O–H groups in total. The van der Waals surface area contributed by atoms with Gasteiger partial charge >= 0.3 is 0 Å². The summed E-state index contributed by atoms with van der Waals surface area (Å²) in [6.07, 6.45) is 2.01. The Morgan fingerprint density at radius 1 is 1.36 bits per heavy atom. The summed E-state index contributed by atoms with van der Waals surface area (Å²) in [7, 11) is 3.48. The van der Waals surface area contributed by atoms with E-state index in [0.717, 1.165) is 50.1 Å². The van der Waals surface area contributed by atoms with Crippen molar-refractivity contribution in [2.24, 2.45) is 4.99 Å². The van der Waals surface area contributed by atoms with Crippen LogP contribution in [0.15, 0.2) is 29.3 Å². The van der Waals surface area contributed by atoms with Crippen LogP contribution in [-0.4, -0.2) is 65.6 Å². The van der Waals surface area contributed by atoms with Crippen LogP contribution in [0.5, 0.6) is 0 Å². The lowest BCUT2D eigenvalue weighted by Crippen LogP contribution is -2.45. The lowest BCUT2D eigenvalue weighted by atomic mass is 10.2. The predicted octanol–water partition coefficient (Wildman–Crippen LogP) is 2.14. The van der Waals surface area contributed by atoms with Gasteiger partial charge in [-0.3, -0.25) is 4.99 Å². The molecule has 1 aromatic rings. The molecular weight excluding hydrogens is 340 g/mol. The van der Waals surface area contributed by atoms with Gasteiger partial charge in [0.15, 0.2) is 5.96 Å². The minimum Gasteiger partial charge on any atom is -0.382 e. The van der Waals surface area contributed by atoms with Crippen LogP contribution in [0.2, 0.25) is 5.02 Å². The summed E-state index contributed by atoms with van der Waals surface area (Å²) >= 11 is 6.09. The average molecular weight is 369 g/mol. The van der Waals surface area contributed by atoms with Crippen molar-refractivity contribution in [3.05, 3.63) is 29.3 Å². The molecule has 0 radical (unpaired) electrons. The molecule has 0 aliphatic carbocycles. The van der Waals surface area contributed by atoms with Gasteiger partial charge in [-0.05, 0) is 31.0 Å². The Kier molecular flexibility index (Phi) is 8.86. The zero-order valence-corrected chi connectivity index (χ0v) is 15.9. The van der Waals surface area contributed by atoms with E-state index in [2.05, 4.69) is 26.6 Å². The van der Waals surface area contributed by atoms with Crippen molar-refractivity contribution in [3.63, 3.8) is 0 Å².